The lowest BCUT2D eigenvalue weighted by Gasteiger charge is -2.00. The van der Waals surface area contributed by atoms with Crippen LogP contribution in [-0.2, 0) is 11.3 Å². The average molecular weight is 212 g/mol. The van der Waals surface area contributed by atoms with Crippen LogP contribution in [-0.4, -0.2) is 38.5 Å². The summed E-state index contributed by atoms with van der Waals surface area (Å²) in [5.41, 5.74) is -0.0745. The number of hydrogen-bond donors (Lipinski definition) is 2. The fourth-order valence-electron chi connectivity index (χ4n) is 1.01. The molecule has 0 bridgehead atoms. The molecule has 0 aliphatic carbocycles. The van der Waals surface area contributed by atoms with Crippen molar-refractivity contribution < 1.29 is 14.7 Å². The van der Waals surface area contributed by atoms with E-state index in [2.05, 4.69) is 15.6 Å². The highest BCUT2D eigenvalue weighted by atomic mass is 16.4. The third-order valence-electron chi connectivity index (χ3n) is 1.70. The van der Waals surface area contributed by atoms with E-state index >= 15 is 0 Å². The van der Waals surface area contributed by atoms with Gasteiger partial charge in [-0.05, 0) is 6.42 Å². The molecule has 1 aromatic rings. The number of nitrogens with zero attached hydrogens (tertiary/aromatic N) is 3. The molecule has 15 heavy (non-hydrogen) atoms. The van der Waals surface area contributed by atoms with Crippen LogP contribution in [0.3, 0.4) is 0 Å². The molecule has 0 radical (unpaired) electrons. The smallest absolute Gasteiger partial charge is 0.358 e. The molecule has 82 valence electrons. The third-order valence-corrected chi connectivity index (χ3v) is 1.70. The van der Waals surface area contributed by atoms with Gasteiger partial charge in [-0.15, -0.1) is 5.10 Å². The summed E-state index contributed by atoms with van der Waals surface area (Å²) in [6.45, 7) is 2.51. The van der Waals surface area contributed by atoms with Gasteiger partial charge in [0.05, 0.1) is 6.20 Å². The highest BCUT2D eigenvalue weighted by Gasteiger charge is 2.07. The standard InChI is InChI=1S/C8H12N4O3/c1-6(13)9-3-2-4-12-5-7(8(14)15)10-11-12/h5H,2-4H2,1H3,(H,9,13)(H,14,15). The second-order valence-electron chi connectivity index (χ2n) is 3.01. The summed E-state index contributed by atoms with van der Waals surface area (Å²) in [6.07, 6.45) is 2.04. The lowest BCUT2D eigenvalue weighted by Crippen LogP contribution is -2.22. The fourth-order valence-corrected chi connectivity index (χ4v) is 1.01. The van der Waals surface area contributed by atoms with E-state index in [4.69, 9.17) is 5.11 Å². The van der Waals surface area contributed by atoms with Crippen molar-refractivity contribution >= 4 is 11.9 Å². The number of carboxylic acid groups (broad SMARTS) is 1. The Labute approximate surface area is 86.1 Å². The van der Waals surface area contributed by atoms with E-state index in [-0.39, 0.29) is 11.6 Å². The van der Waals surface area contributed by atoms with Gasteiger partial charge in [0.1, 0.15) is 0 Å². The molecular formula is C8H12N4O3. The Hall–Kier alpha value is -1.92. The van der Waals surface area contributed by atoms with Crippen molar-refractivity contribution in [3.63, 3.8) is 0 Å². The second-order valence-corrected chi connectivity index (χ2v) is 3.01. The molecule has 0 unspecified atom stereocenters. The SMILES string of the molecule is CC(=O)NCCCn1cc(C(=O)O)nn1. The first kappa shape index (κ1) is 11.2. The van der Waals surface area contributed by atoms with Crippen molar-refractivity contribution in [2.75, 3.05) is 6.54 Å². The van der Waals surface area contributed by atoms with Crippen LogP contribution in [0.25, 0.3) is 0 Å². The zero-order valence-corrected chi connectivity index (χ0v) is 8.30. The lowest BCUT2D eigenvalue weighted by molar-refractivity contribution is -0.118. The maximum Gasteiger partial charge on any atom is 0.358 e. The average Bonchev–Trinajstić information content (AvgIpc) is 2.60. The normalized spacial score (nSPS) is 9.93. The number of rotatable bonds is 5. The molecule has 1 rings (SSSR count). The van der Waals surface area contributed by atoms with Gasteiger partial charge in [-0.3, -0.25) is 9.48 Å². The first-order valence-electron chi connectivity index (χ1n) is 4.47. The van der Waals surface area contributed by atoms with Gasteiger partial charge in [-0.2, -0.15) is 0 Å². The van der Waals surface area contributed by atoms with E-state index in [9.17, 15) is 9.59 Å². The van der Waals surface area contributed by atoms with Crippen LogP contribution in [0.1, 0.15) is 23.8 Å². The van der Waals surface area contributed by atoms with Crippen LogP contribution < -0.4 is 5.32 Å². The van der Waals surface area contributed by atoms with Gasteiger partial charge in [-0.25, -0.2) is 4.79 Å². The van der Waals surface area contributed by atoms with Crippen molar-refractivity contribution in [3.05, 3.63) is 11.9 Å². The number of carboxylic acids is 1. The van der Waals surface area contributed by atoms with Crippen molar-refractivity contribution in [1.29, 1.82) is 0 Å². The molecule has 7 nitrogen and oxygen atoms in total. The van der Waals surface area contributed by atoms with Gasteiger partial charge in [-0.1, -0.05) is 5.21 Å². The number of amides is 1. The van der Waals surface area contributed by atoms with E-state index in [0.29, 0.717) is 19.5 Å². The number of aromatic nitrogens is 3. The Morgan fingerprint density at radius 3 is 2.87 bits per heavy atom. The molecule has 0 fully saturated rings. The number of aryl methyl sites for hydroxylation is 1. The van der Waals surface area contributed by atoms with E-state index in [1.165, 1.54) is 17.8 Å². The predicted octanol–water partition coefficient (Wildman–Crippen LogP) is -0.498. The van der Waals surface area contributed by atoms with Gasteiger partial charge in [0.2, 0.25) is 5.91 Å². The van der Waals surface area contributed by atoms with E-state index in [1.807, 2.05) is 0 Å². The summed E-state index contributed by atoms with van der Waals surface area (Å²) in [7, 11) is 0. The summed E-state index contributed by atoms with van der Waals surface area (Å²) in [5, 5.41) is 18.3. The second kappa shape index (κ2) is 5.08. The fraction of sp³-hybridized carbons (Fsp3) is 0.500. The van der Waals surface area contributed by atoms with Gasteiger partial charge in [0.25, 0.3) is 0 Å². The summed E-state index contributed by atoms with van der Waals surface area (Å²) in [6, 6.07) is 0. The quantitative estimate of drug-likeness (QED) is 0.641. The molecule has 0 saturated heterocycles. The molecule has 0 saturated carbocycles. The number of carbonyl (C=O) groups excluding carboxylic acids is 1. The molecule has 7 heteroatoms. The summed E-state index contributed by atoms with van der Waals surface area (Å²) in [4.78, 5) is 21.0. The Morgan fingerprint density at radius 1 is 1.60 bits per heavy atom. The van der Waals surface area contributed by atoms with Crippen molar-refractivity contribution in [2.24, 2.45) is 0 Å². The molecule has 1 aromatic heterocycles. The first-order chi connectivity index (χ1) is 7.09. The van der Waals surface area contributed by atoms with Crippen LogP contribution in [0.5, 0.6) is 0 Å². The molecule has 2 N–H and O–H groups in total. The molecule has 0 aliphatic rings. The topological polar surface area (TPSA) is 97.1 Å². The highest BCUT2D eigenvalue weighted by molar-refractivity contribution is 5.84. The van der Waals surface area contributed by atoms with Crippen LogP contribution in [0.2, 0.25) is 0 Å². The number of hydrogen-bond acceptors (Lipinski definition) is 4. The van der Waals surface area contributed by atoms with Crippen molar-refractivity contribution in [1.82, 2.24) is 20.3 Å². The molecular weight excluding hydrogens is 200 g/mol. The maximum absolute atomic E-state index is 10.5. The highest BCUT2D eigenvalue weighted by Crippen LogP contribution is 1.93. The van der Waals surface area contributed by atoms with Crippen LogP contribution in [0.15, 0.2) is 6.20 Å². The minimum atomic E-state index is -1.09. The minimum Gasteiger partial charge on any atom is -0.476 e. The summed E-state index contributed by atoms with van der Waals surface area (Å²) < 4.78 is 1.44. The van der Waals surface area contributed by atoms with Gasteiger partial charge in [0.15, 0.2) is 5.69 Å². The molecule has 1 heterocycles. The van der Waals surface area contributed by atoms with Gasteiger partial charge < -0.3 is 10.4 Å². The maximum atomic E-state index is 10.5. The lowest BCUT2D eigenvalue weighted by atomic mass is 10.4. The number of carbonyl (C=O) groups is 2. The molecule has 0 atom stereocenters. The first-order valence-corrected chi connectivity index (χ1v) is 4.47. The van der Waals surface area contributed by atoms with E-state index in [0.717, 1.165) is 0 Å². The Morgan fingerprint density at radius 2 is 2.33 bits per heavy atom. The van der Waals surface area contributed by atoms with Crippen LogP contribution in [0, 0.1) is 0 Å². The zero-order chi connectivity index (χ0) is 11.3. The zero-order valence-electron chi connectivity index (χ0n) is 8.30. The number of nitrogens with one attached hydrogen (secondary N) is 1. The summed E-state index contributed by atoms with van der Waals surface area (Å²) >= 11 is 0. The van der Waals surface area contributed by atoms with Gasteiger partial charge >= 0.3 is 5.97 Å². The molecule has 0 aromatic carbocycles. The minimum absolute atomic E-state index is 0.0745. The Bertz CT molecular complexity index is 361. The molecule has 0 spiro atoms. The van der Waals surface area contributed by atoms with Gasteiger partial charge in [0, 0.05) is 20.0 Å². The largest absolute Gasteiger partial charge is 0.476 e. The van der Waals surface area contributed by atoms with Crippen LogP contribution >= 0.6 is 0 Å². The van der Waals surface area contributed by atoms with E-state index < -0.39 is 5.97 Å². The molecule has 0 aliphatic heterocycles. The predicted molar refractivity (Wildman–Crippen MR) is 50.3 cm³/mol. The Kier molecular flexibility index (Phi) is 3.78. The monoisotopic (exact) mass is 212 g/mol. The molecule has 1 amide bonds. The van der Waals surface area contributed by atoms with Crippen LogP contribution in [0.4, 0.5) is 0 Å². The summed E-state index contributed by atoms with van der Waals surface area (Å²) in [5.74, 6) is -1.18. The third kappa shape index (κ3) is 3.75. The number of aromatic carboxylic acids is 1. The Balaban J connectivity index is 2.31. The van der Waals surface area contributed by atoms with E-state index in [1.54, 1.807) is 0 Å². The van der Waals surface area contributed by atoms with Crippen molar-refractivity contribution in [2.45, 2.75) is 19.9 Å². The van der Waals surface area contributed by atoms with Crippen molar-refractivity contribution in [3.8, 4) is 0 Å².